The number of amides is 1. The molecule has 1 amide bonds. The smallest absolute Gasteiger partial charge is 0.338 e. The molecule has 1 spiro atoms. The van der Waals surface area contributed by atoms with E-state index in [4.69, 9.17) is 27.9 Å². The van der Waals surface area contributed by atoms with E-state index in [1.54, 1.807) is 37.3 Å². The lowest BCUT2D eigenvalue weighted by Crippen LogP contribution is -2.55. The van der Waals surface area contributed by atoms with Crippen LogP contribution in [0.5, 0.6) is 0 Å². The predicted octanol–water partition coefficient (Wildman–Crippen LogP) is 5.39. The van der Waals surface area contributed by atoms with Crippen molar-refractivity contribution in [1.82, 2.24) is 10.2 Å². The molecule has 2 aliphatic heterocycles. The van der Waals surface area contributed by atoms with Gasteiger partial charge in [0.1, 0.15) is 11.4 Å². The van der Waals surface area contributed by atoms with Crippen molar-refractivity contribution >= 4 is 46.5 Å². The number of nitrogens with zero attached hydrogens (tertiary/aromatic N) is 2. The Morgan fingerprint density at radius 3 is 2.67 bits per heavy atom. The van der Waals surface area contributed by atoms with E-state index >= 15 is 4.39 Å². The third-order valence-corrected chi connectivity index (χ3v) is 9.70. The van der Waals surface area contributed by atoms with Gasteiger partial charge in [-0.2, -0.15) is 0 Å². The Kier molecular flexibility index (Phi) is 8.34. The molecule has 6 rings (SSSR count). The van der Waals surface area contributed by atoms with Crippen molar-refractivity contribution in [3.8, 4) is 0 Å². The number of fused-ring (bicyclic) bond motifs is 2. The molecule has 0 radical (unpaired) electrons. The second-order valence-electron chi connectivity index (χ2n) is 11.9. The van der Waals surface area contributed by atoms with Crippen LogP contribution in [0.2, 0.25) is 10.0 Å². The van der Waals surface area contributed by atoms with Crippen LogP contribution in [0.15, 0.2) is 54.6 Å². The van der Waals surface area contributed by atoms with Gasteiger partial charge in [-0.15, -0.1) is 0 Å². The van der Waals surface area contributed by atoms with Crippen LogP contribution in [0, 0.1) is 21.8 Å². The molecule has 236 valence electrons. The number of aliphatic hydroxyl groups is 1. The van der Waals surface area contributed by atoms with E-state index in [0.29, 0.717) is 22.8 Å². The van der Waals surface area contributed by atoms with E-state index in [0.717, 1.165) is 18.9 Å². The summed E-state index contributed by atoms with van der Waals surface area (Å²) in [4.78, 5) is 40.0. The molecule has 0 aromatic heterocycles. The third kappa shape index (κ3) is 5.26. The summed E-state index contributed by atoms with van der Waals surface area (Å²) in [5, 5.41) is 30.1. The van der Waals surface area contributed by atoms with E-state index in [1.165, 1.54) is 25.3 Å². The maximum atomic E-state index is 16.1. The lowest BCUT2D eigenvalue weighted by molar-refractivity contribution is -0.385. The summed E-state index contributed by atoms with van der Waals surface area (Å²) in [6.45, 7) is 1.98. The van der Waals surface area contributed by atoms with Crippen molar-refractivity contribution in [2.75, 3.05) is 19.0 Å². The highest BCUT2D eigenvalue weighted by molar-refractivity contribution is 6.31. The van der Waals surface area contributed by atoms with Gasteiger partial charge in [-0.3, -0.25) is 19.8 Å². The van der Waals surface area contributed by atoms with Gasteiger partial charge in [0, 0.05) is 53.0 Å². The minimum absolute atomic E-state index is 0.0157. The molecule has 13 heteroatoms. The van der Waals surface area contributed by atoms with E-state index in [9.17, 15) is 24.8 Å². The Balaban J connectivity index is 1.54. The number of benzene rings is 3. The number of ether oxygens (including phenoxy) is 1. The number of esters is 1. The molecule has 0 unspecified atom stereocenters. The largest absolute Gasteiger partial charge is 0.465 e. The van der Waals surface area contributed by atoms with Crippen molar-refractivity contribution in [2.45, 2.75) is 56.0 Å². The average molecular weight is 658 g/mol. The lowest BCUT2D eigenvalue weighted by Gasteiger charge is -2.40. The first-order valence-electron chi connectivity index (χ1n) is 14.6. The molecule has 45 heavy (non-hydrogen) atoms. The maximum absolute atomic E-state index is 16.1. The van der Waals surface area contributed by atoms with E-state index in [-0.39, 0.29) is 39.9 Å². The molecule has 5 atom stereocenters. The second kappa shape index (κ2) is 12.0. The number of likely N-dealkylation sites (tertiary alicyclic amines) is 1. The van der Waals surface area contributed by atoms with Gasteiger partial charge < -0.3 is 20.5 Å². The molecule has 2 fully saturated rings. The van der Waals surface area contributed by atoms with Crippen LogP contribution < -0.4 is 10.6 Å². The van der Waals surface area contributed by atoms with Gasteiger partial charge in [-0.25, -0.2) is 9.18 Å². The van der Waals surface area contributed by atoms with Crippen molar-refractivity contribution < 1.29 is 28.7 Å². The molecule has 3 aromatic rings. The Hall–Kier alpha value is -3.61. The fourth-order valence-corrected chi connectivity index (χ4v) is 7.48. The first-order chi connectivity index (χ1) is 21.5. The molecule has 1 aliphatic carbocycles. The summed E-state index contributed by atoms with van der Waals surface area (Å²) < 4.78 is 20.8. The lowest BCUT2D eigenvalue weighted by atomic mass is 9.73. The number of methoxy groups -OCH3 is 1. The quantitative estimate of drug-likeness (QED) is 0.159. The van der Waals surface area contributed by atoms with Gasteiger partial charge in [0.2, 0.25) is 5.91 Å². The number of hydrogen-bond acceptors (Lipinski definition) is 8. The van der Waals surface area contributed by atoms with Crippen LogP contribution in [0.1, 0.15) is 52.7 Å². The van der Waals surface area contributed by atoms with Gasteiger partial charge in [-0.05, 0) is 55.5 Å². The minimum Gasteiger partial charge on any atom is -0.465 e. The van der Waals surface area contributed by atoms with Crippen LogP contribution in [-0.2, 0) is 21.6 Å². The van der Waals surface area contributed by atoms with E-state index in [1.807, 2.05) is 4.90 Å². The van der Waals surface area contributed by atoms with Crippen LogP contribution in [-0.4, -0.2) is 58.6 Å². The number of nitrogens with one attached hydrogen (secondary N) is 2. The van der Waals surface area contributed by atoms with Gasteiger partial charge in [0.05, 0.1) is 34.8 Å². The molecule has 3 aliphatic rings. The highest BCUT2D eigenvalue weighted by Crippen LogP contribution is 2.59. The molecule has 3 aromatic carbocycles. The van der Waals surface area contributed by atoms with Gasteiger partial charge in [0.15, 0.2) is 0 Å². The SMILES string of the molecule is COC(=O)c1ccc(CN[C@@H]2[C@@H]([C@H](C)O)N(CC3CC3)[C@]3(C(=O)Nc4cc(Cl)ccc43)[C@@H]2c2cccc(Cl)c2F)c([N+](=O)[O-])c1. The number of aliphatic hydroxyl groups excluding tert-OH is 1. The summed E-state index contributed by atoms with van der Waals surface area (Å²) >= 11 is 12.6. The Bertz CT molecular complexity index is 1700. The topological polar surface area (TPSA) is 134 Å². The van der Waals surface area contributed by atoms with Crippen molar-refractivity contribution in [1.29, 1.82) is 0 Å². The molecule has 1 saturated carbocycles. The number of nitro groups is 1. The third-order valence-electron chi connectivity index (χ3n) is 9.17. The summed E-state index contributed by atoms with van der Waals surface area (Å²) in [7, 11) is 1.18. The fourth-order valence-electron chi connectivity index (χ4n) is 7.13. The predicted molar refractivity (Wildman–Crippen MR) is 166 cm³/mol. The van der Waals surface area contributed by atoms with Crippen molar-refractivity contribution in [3.05, 3.63) is 103 Å². The monoisotopic (exact) mass is 656 g/mol. The zero-order valence-corrected chi connectivity index (χ0v) is 25.9. The van der Waals surface area contributed by atoms with Crippen LogP contribution in [0.3, 0.4) is 0 Å². The fraction of sp³-hybridized carbons (Fsp3) is 0.375. The number of halogens is 3. The van der Waals surface area contributed by atoms with Crippen molar-refractivity contribution in [3.63, 3.8) is 0 Å². The minimum atomic E-state index is -1.48. The summed E-state index contributed by atoms with van der Waals surface area (Å²) in [6.07, 6.45) is 0.883. The van der Waals surface area contributed by atoms with E-state index in [2.05, 4.69) is 10.6 Å². The standard InChI is InChI=1S/C32H31Cl2FN4O6/c1-16(40)29-28(36-14-19-9-8-18(30(41)45-2)12-25(19)39(43)44)26(21-4-3-5-23(34)27(21)35)32(38(29)15-17-6-7-17)22-11-10-20(33)13-24(22)37-31(32)42/h3-5,8-13,16-17,26,28-29,36,40H,6-7,14-15H2,1-2H3,(H,37,42)/t16-,26+,28-,29+,32-/m0/s1. The maximum Gasteiger partial charge on any atom is 0.338 e. The Morgan fingerprint density at radius 2 is 2.00 bits per heavy atom. The number of carbonyl (C=O) groups is 2. The molecule has 2 heterocycles. The Labute approximate surface area is 268 Å². The second-order valence-corrected chi connectivity index (χ2v) is 12.7. The van der Waals surface area contributed by atoms with Gasteiger partial charge in [-0.1, -0.05) is 47.5 Å². The summed E-state index contributed by atoms with van der Waals surface area (Å²) in [6, 6.07) is 12.2. The van der Waals surface area contributed by atoms with Crippen molar-refractivity contribution in [2.24, 2.45) is 5.92 Å². The summed E-state index contributed by atoms with van der Waals surface area (Å²) in [5.74, 6) is -2.49. The summed E-state index contributed by atoms with van der Waals surface area (Å²) in [5.41, 5.74) is -0.288. The number of hydrogen-bond donors (Lipinski definition) is 3. The molecule has 1 saturated heterocycles. The van der Waals surface area contributed by atoms with E-state index < -0.39 is 52.3 Å². The number of rotatable bonds is 9. The number of carbonyl (C=O) groups excluding carboxylic acids is 2. The molecule has 3 N–H and O–H groups in total. The van der Waals surface area contributed by atoms with Gasteiger partial charge >= 0.3 is 5.97 Å². The number of anilines is 1. The first-order valence-corrected chi connectivity index (χ1v) is 15.3. The molecular formula is C32H31Cl2FN4O6. The van der Waals surface area contributed by atoms with Crippen LogP contribution in [0.4, 0.5) is 15.8 Å². The normalized spacial score (nSPS) is 24.8. The van der Waals surface area contributed by atoms with Crippen LogP contribution >= 0.6 is 23.2 Å². The molecular weight excluding hydrogens is 626 g/mol. The average Bonchev–Trinajstić information content (AvgIpc) is 3.72. The zero-order valence-electron chi connectivity index (χ0n) is 24.4. The molecule has 0 bridgehead atoms. The van der Waals surface area contributed by atoms with Crippen LogP contribution in [0.25, 0.3) is 0 Å². The van der Waals surface area contributed by atoms with Gasteiger partial charge in [0.25, 0.3) is 5.69 Å². The Morgan fingerprint density at radius 1 is 1.24 bits per heavy atom. The highest BCUT2D eigenvalue weighted by atomic mass is 35.5. The zero-order chi connectivity index (χ0) is 32.2. The molecule has 10 nitrogen and oxygen atoms in total. The number of nitro benzene ring substituents is 1. The first kappa shape index (κ1) is 31.4. The highest BCUT2D eigenvalue weighted by Gasteiger charge is 2.68.